The molecule has 1 aromatic heterocycles. The van der Waals surface area contributed by atoms with E-state index in [0.717, 1.165) is 16.5 Å². The first-order valence-electron chi connectivity index (χ1n) is 4.84. The summed E-state index contributed by atoms with van der Waals surface area (Å²) in [5, 5.41) is 0.948. The van der Waals surface area contributed by atoms with Gasteiger partial charge in [-0.15, -0.1) is 0 Å². The average molecular weight is 201 g/mol. The maximum atomic E-state index is 11.9. The van der Waals surface area contributed by atoms with Gasteiger partial charge in [-0.05, 0) is 14.1 Å². The summed E-state index contributed by atoms with van der Waals surface area (Å²) in [5.41, 5.74) is 1.63. The van der Waals surface area contributed by atoms with Gasteiger partial charge in [-0.1, -0.05) is 18.2 Å². The number of para-hydroxylation sites is 1. The number of hydrogen-bond acceptors (Lipinski definition) is 2. The number of Topliss-reactive ketones (excluding diaryl/α,β-unsaturated/α-hetero) is 1. The molecule has 0 saturated heterocycles. The first-order valence-corrected chi connectivity index (χ1v) is 4.84. The maximum Gasteiger partial charge on any atom is 0.178 e. The zero-order valence-corrected chi connectivity index (χ0v) is 8.87. The Morgan fingerprint density at radius 3 is 3.07 bits per heavy atom. The van der Waals surface area contributed by atoms with Gasteiger partial charge >= 0.3 is 0 Å². The Balaban J connectivity index is 2.40. The lowest BCUT2D eigenvalue weighted by Crippen LogP contribution is -2.21. The first kappa shape index (κ1) is 9.93. The van der Waals surface area contributed by atoms with Gasteiger partial charge in [0.1, 0.15) is 0 Å². The van der Waals surface area contributed by atoms with Gasteiger partial charge in [-0.3, -0.25) is 4.79 Å². The summed E-state index contributed by atoms with van der Waals surface area (Å²) in [6.07, 6.45) is 1.76. The second-order valence-electron chi connectivity index (χ2n) is 3.82. The molecule has 0 saturated carbocycles. The van der Waals surface area contributed by atoms with Gasteiger partial charge in [0, 0.05) is 23.2 Å². The number of carbonyl (C=O) groups excluding carboxylic acids is 1. The van der Waals surface area contributed by atoms with Crippen LogP contribution in [-0.4, -0.2) is 36.3 Å². The summed E-state index contributed by atoms with van der Waals surface area (Å²) in [4.78, 5) is 16.8. The van der Waals surface area contributed by atoms with Crippen LogP contribution in [-0.2, 0) is 0 Å². The van der Waals surface area contributed by atoms with Crippen molar-refractivity contribution in [1.82, 2.24) is 9.88 Å². The van der Waals surface area contributed by atoms with Gasteiger partial charge in [0.15, 0.2) is 5.78 Å². The monoisotopic (exact) mass is 201 g/mol. The first-order chi connectivity index (χ1) is 7.18. The van der Waals surface area contributed by atoms with Crippen LogP contribution in [0, 0.1) is 6.07 Å². The summed E-state index contributed by atoms with van der Waals surface area (Å²) in [7, 11) is 3.78. The van der Waals surface area contributed by atoms with Crippen LogP contribution in [0.1, 0.15) is 10.4 Å². The Bertz CT molecular complexity index is 485. The van der Waals surface area contributed by atoms with E-state index in [1.807, 2.05) is 37.2 Å². The summed E-state index contributed by atoms with van der Waals surface area (Å²) in [6.45, 7) is 0.432. The van der Waals surface area contributed by atoms with Crippen molar-refractivity contribution in [2.24, 2.45) is 0 Å². The third kappa shape index (κ3) is 1.92. The zero-order chi connectivity index (χ0) is 10.8. The molecule has 0 bridgehead atoms. The number of carbonyl (C=O) groups is 1. The number of aromatic amines is 1. The number of nitrogens with one attached hydrogen (secondary N) is 1. The molecular formula is C12H13N2O. The van der Waals surface area contributed by atoms with Crippen LogP contribution in [0.5, 0.6) is 0 Å². The maximum absolute atomic E-state index is 11.9. The molecule has 0 amide bonds. The second kappa shape index (κ2) is 3.87. The molecule has 0 aliphatic rings. The van der Waals surface area contributed by atoms with E-state index in [4.69, 9.17) is 0 Å². The number of rotatable bonds is 3. The highest BCUT2D eigenvalue weighted by atomic mass is 16.1. The number of aromatic nitrogens is 1. The van der Waals surface area contributed by atoms with E-state index in [-0.39, 0.29) is 5.78 Å². The fourth-order valence-electron chi connectivity index (χ4n) is 1.61. The summed E-state index contributed by atoms with van der Waals surface area (Å²) in [6, 6.07) is 8.72. The van der Waals surface area contributed by atoms with Crippen LogP contribution in [0.4, 0.5) is 0 Å². The lowest BCUT2D eigenvalue weighted by atomic mass is 10.1. The largest absolute Gasteiger partial charge is 0.360 e. The van der Waals surface area contributed by atoms with E-state index in [1.165, 1.54) is 0 Å². The minimum atomic E-state index is 0.130. The van der Waals surface area contributed by atoms with Crippen molar-refractivity contribution in [2.75, 3.05) is 20.6 Å². The van der Waals surface area contributed by atoms with Crippen molar-refractivity contribution in [3.05, 3.63) is 36.0 Å². The van der Waals surface area contributed by atoms with Gasteiger partial charge in [0.25, 0.3) is 0 Å². The molecule has 1 radical (unpaired) electrons. The van der Waals surface area contributed by atoms with Crippen molar-refractivity contribution in [2.45, 2.75) is 0 Å². The minimum absolute atomic E-state index is 0.130. The summed E-state index contributed by atoms with van der Waals surface area (Å²) in [5.74, 6) is 0.130. The van der Waals surface area contributed by atoms with Crippen LogP contribution in [0.2, 0.25) is 0 Å². The molecule has 0 aliphatic carbocycles. The molecule has 77 valence electrons. The van der Waals surface area contributed by atoms with Gasteiger partial charge < -0.3 is 9.88 Å². The molecule has 0 fully saturated rings. The molecule has 2 aromatic rings. The Hall–Kier alpha value is -1.61. The lowest BCUT2D eigenvalue weighted by Gasteiger charge is -2.06. The molecule has 0 aliphatic heterocycles. The van der Waals surface area contributed by atoms with Crippen LogP contribution in [0.3, 0.4) is 0 Å². The smallest absolute Gasteiger partial charge is 0.178 e. The molecule has 2 rings (SSSR count). The van der Waals surface area contributed by atoms with E-state index in [1.54, 1.807) is 6.20 Å². The highest BCUT2D eigenvalue weighted by Crippen LogP contribution is 2.17. The number of H-pyrrole nitrogens is 1. The molecule has 0 atom stereocenters. The highest BCUT2D eigenvalue weighted by molar-refractivity contribution is 6.08. The normalized spacial score (nSPS) is 11.1. The number of likely N-dealkylation sites (N-methyl/N-ethyl adjacent to an activating group) is 1. The predicted molar refractivity (Wildman–Crippen MR) is 60.0 cm³/mol. The molecule has 0 unspecified atom stereocenters. The topological polar surface area (TPSA) is 36.1 Å². The van der Waals surface area contributed by atoms with Crippen molar-refractivity contribution in [3.63, 3.8) is 0 Å². The molecule has 1 aromatic carbocycles. The number of nitrogens with zero attached hydrogens (tertiary/aromatic N) is 1. The van der Waals surface area contributed by atoms with Crippen LogP contribution < -0.4 is 0 Å². The molecule has 3 nitrogen and oxygen atoms in total. The summed E-state index contributed by atoms with van der Waals surface area (Å²) >= 11 is 0. The fraction of sp³-hybridized carbons (Fsp3) is 0.250. The van der Waals surface area contributed by atoms with Gasteiger partial charge in [0.05, 0.1) is 12.1 Å². The third-order valence-corrected chi connectivity index (χ3v) is 2.27. The van der Waals surface area contributed by atoms with Crippen LogP contribution in [0.15, 0.2) is 24.4 Å². The molecule has 0 spiro atoms. The third-order valence-electron chi connectivity index (χ3n) is 2.27. The Labute approximate surface area is 88.7 Å². The van der Waals surface area contributed by atoms with Crippen molar-refractivity contribution >= 4 is 16.7 Å². The van der Waals surface area contributed by atoms with E-state index in [0.29, 0.717) is 6.54 Å². The van der Waals surface area contributed by atoms with Crippen LogP contribution >= 0.6 is 0 Å². The fourth-order valence-corrected chi connectivity index (χ4v) is 1.61. The van der Waals surface area contributed by atoms with Crippen molar-refractivity contribution < 1.29 is 4.79 Å². The molecule has 3 heteroatoms. The van der Waals surface area contributed by atoms with Gasteiger partial charge in [-0.2, -0.15) is 0 Å². The van der Waals surface area contributed by atoms with Gasteiger partial charge in [0.2, 0.25) is 0 Å². The van der Waals surface area contributed by atoms with Crippen molar-refractivity contribution in [3.8, 4) is 0 Å². The average Bonchev–Trinajstić information content (AvgIpc) is 2.59. The van der Waals surface area contributed by atoms with E-state index in [2.05, 4.69) is 11.1 Å². The van der Waals surface area contributed by atoms with E-state index >= 15 is 0 Å². The molecule has 1 N–H and O–H groups in total. The number of hydrogen-bond donors (Lipinski definition) is 1. The Morgan fingerprint density at radius 2 is 2.33 bits per heavy atom. The lowest BCUT2D eigenvalue weighted by molar-refractivity contribution is 0.0959. The minimum Gasteiger partial charge on any atom is -0.360 e. The second-order valence-corrected chi connectivity index (χ2v) is 3.82. The highest BCUT2D eigenvalue weighted by Gasteiger charge is 2.11. The Morgan fingerprint density at radius 1 is 1.53 bits per heavy atom. The van der Waals surface area contributed by atoms with Crippen molar-refractivity contribution in [1.29, 1.82) is 0 Å². The van der Waals surface area contributed by atoms with E-state index in [9.17, 15) is 4.79 Å². The zero-order valence-electron chi connectivity index (χ0n) is 8.87. The van der Waals surface area contributed by atoms with E-state index < -0.39 is 0 Å². The molecular weight excluding hydrogens is 188 g/mol. The van der Waals surface area contributed by atoms with Gasteiger partial charge in [-0.25, -0.2) is 0 Å². The molecule has 15 heavy (non-hydrogen) atoms. The SMILES string of the molecule is CN(C)CC(=O)c1c[nH]c2[c]cccc12. The number of benzene rings is 1. The number of ketones is 1. The number of fused-ring (bicyclic) bond motifs is 1. The van der Waals surface area contributed by atoms with Crippen LogP contribution in [0.25, 0.3) is 10.9 Å². The summed E-state index contributed by atoms with van der Waals surface area (Å²) < 4.78 is 0. The Kier molecular flexibility index (Phi) is 2.56. The molecule has 1 heterocycles. The standard InChI is InChI=1S/C12H13N2O/c1-14(2)8-12(15)10-7-13-11-6-4-3-5-9(10)11/h3-5,7,13H,8H2,1-2H3. The predicted octanol–water partition coefficient (Wildman–Crippen LogP) is 1.71. The quantitative estimate of drug-likeness (QED) is 0.767.